The maximum atomic E-state index is 12.1. The Kier molecular flexibility index (Phi) is 3.42. The molecule has 3 rings (SSSR count). The van der Waals surface area contributed by atoms with Crippen LogP contribution in [0.4, 0.5) is 5.13 Å². The standard InChI is InChI=1S/C14H15N3O2S/c1-8-2-3-9(6-11(8)18)13(19)17-14-16-10-4-5-15-7-12(10)20-14/h2-3,6,15,18H,4-5,7H2,1H3,(H,16,17,19). The number of thiazole rings is 1. The van der Waals surface area contributed by atoms with Crippen LogP contribution in [0.3, 0.4) is 0 Å². The van der Waals surface area contributed by atoms with E-state index in [1.165, 1.54) is 22.3 Å². The SMILES string of the molecule is Cc1ccc(C(=O)Nc2nc3c(s2)CNCC3)cc1O. The number of carbonyl (C=O) groups excluding carboxylic acids is 1. The molecule has 0 aliphatic carbocycles. The highest BCUT2D eigenvalue weighted by Gasteiger charge is 2.16. The van der Waals surface area contributed by atoms with E-state index in [1.54, 1.807) is 19.1 Å². The van der Waals surface area contributed by atoms with Crippen LogP contribution in [0.5, 0.6) is 5.75 Å². The van der Waals surface area contributed by atoms with Gasteiger partial charge in [-0.05, 0) is 24.6 Å². The zero-order valence-corrected chi connectivity index (χ0v) is 11.9. The van der Waals surface area contributed by atoms with Gasteiger partial charge in [0.25, 0.3) is 5.91 Å². The van der Waals surface area contributed by atoms with Gasteiger partial charge in [-0.3, -0.25) is 10.1 Å². The van der Waals surface area contributed by atoms with E-state index in [2.05, 4.69) is 15.6 Å². The normalized spacial score (nSPS) is 13.8. The number of nitrogens with one attached hydrogen (secondary N) is 2. The number of hydrogen-bond donors (Lipinski definition) is 3. The molecule has 20 heavy (non-hydrogen) atoms. The Morgan fingerprint density at radius 1 is 1.50 bits per heavy atom. The molecule has 2 heterocycles. The molecule has 0 atom stereocenters. The number of benzene rings is 1. The number of hydrogen-bond acceptors (Lipinski definition) is 5. The minimum absolute atomic E-state index is 0.125. The van der Waals surface area contributed by atoms with Crippen molar-refractivity contribution in [2.75, 3.05) is 11.9 Å². The first-order chi connectivity index (χ1) is 9.63. The van der Waals surface area contributed by atoms with E-state index in [4.69, 9.17) is 0 Å². The lowest BCUT2D eigenvalue weighted by molar-refractivity contribution is 0.102. The molecule has 3 N–H and O–H groups in total. The largest absolute Gasteiger partial charge is 0.508 e. The zero-order valence-electron chi connectivity index (χ0n) is 11.1. The maximum Gasteiger partial charge on any atom is 0.257 e. The third kappa shape index (κ3) is 2.52. The van der Waals surface area contributed by atoms with Gasteiger partial charge in [-0.15, -0.1) is 11.3 Å². The lowest BCUT2D eigenvalue weighted by Gasteiger charge is -2.09. The molecular formula is C14H15N3O2S. The number of anilines is 1. The second-order valence-electron chi connectivity index (χ2n) is 4.77. The van der Waals surface area contributed by atoms with Gasteiger partial charge in [-0.1, -0.05) is 6.07 Å². The second-order valence-corrected chi connectivity index (χ2v) is 5.85. The summed E-state index contributed by atoms with van der Waals surface area (Å²) in [7, 11) is 0. The van der Waals surface area contributed by atoms with Crippen molar-refractivity contribution in [3.63, 3.8) is 0 Å². The van der Waals surface area contributed by atoms with Crippen molar-refractivity contribution < 1.29 is 9.90 Å². The van der Waals surface area contributed by atoms with E-state index in [-0.39, 0.29) is 11.7 Å². The molecule has 1 amide bonds. The molecule has 1 aromatic heterocycles. The molecule has 1 aromatic carbocycles. The Hall–Kier alpha value is -1.92. The highest BCUT2D eigenvalue weighted by molar-refractivity contribution is 7.15. The number of nitrogens with zero attached hydrogens (tertiary/aromatic N) is 1. The van der Waals surface area contributed by atoms with Crippen molar-refractivity contribution >= 4 is 22.4 Å². The van der Waals surface area contributed by atoms with Gasteiger partial charge in [0.2, 0.25) is 0 Å². The van der Waals surface area contributed by atoms with Crippen LogP contribution < -0.4 is 10.6 Å². The van der Waals surface area contributed by atoms with Crippen LogP contribution in [-0.4, -0.2) is 22.5 Å². The predicted octanol–water partition coefficient (Wildman–Crippen LogP) is 2.06. The Labute approximate surface area is 120 Å². The van der Waals surface area contributed by atoms with Gasteiger partial charge < -0.3 is 10.4 Å². The number of rotatable bonds is 2. The van der Waals surface area contributed by atoms with Crippen molar-refractivity contribution in [3.8, 4) is 5.75 Å². The molecule has 1 aliphatic heterocycles. The molecule has 0 saturated heterocycles. The molecule has 2 aromatic rings. The van der Waals surface area contributed by atoms with E-state index in [1.807, 2.05) is 0 Å². The van der Waals surface area contributed by atoms with Gasteiger partial charge in [0.15, 0.2) is 5.13 Å². The van der Waals surface area contributed by atoms with Gasteiger partial charge in [-0.2, -0.15) is 0 Å². The molecule has 104 valence electrons. The van der Waals surface area contributed by atoms with Crippen LogP contribution in [0.25, 0.3) is 0 Å². The fourth-order valence-electron chi connectivity index (χ4n) is 2.10. The Morgan fingerprint density at radius 3 is 3.10 bits per heavy atom. The molecule has 0 bridgehead atoms. The van der Waals surface area contributed by atoms with Gasteiger partial charge in [0, 0.05) is 30.0 Å². The molecule has 0 saturated carbocycles. The van der Waals surface area contributed by atoms with E-state index in [0.717, 1.165) is 30.8 Å². The van der Waals surface area contributed by atoms with Gasteiger partial charge in [0.05, 0.1) is 5.69 Å². The van der Waals surface area contributed by atoms with Crippen LogP contribution in [0.15, 0.2) is 18.2 Å². The summed E-state index contributed by atoms with van der Waals surface area (Å²) in [4.78, 5) is 17.7. The molecule has 0 unspecified atom stereocenters. The quantitative estimate of drug-likeness (QED) is 0.791. The fourth-order valence-corrected chi connectivity index (χ4v) is 3.07. The summed E-state index contributed by atoms with van der Waals surface area (Å²) in [5, 5.41) is 16.3. The molecule has 1 aliphatic rings. The summed E-state index contributed by atoms with van der Waals surface area (Å²) in [5.74, 6) is -0.125. The third-order valence-corrected chi connectivity index (χ3v) is 4.31. The average molecular weight is 289 g/mol. The van der Waals surface area contributed by atoms with Crippen LogP contribution in [0.2, 0.25) is 0 Å². The summed E-state index contributed by atoms with van der Waals surface area (Å²) in [6.45, 7) is 3.53. The Balaban J connectivity index is 1.78. The second kappa shape index (κ2) is 5.22. The summed E-state index contributed by atoms with van der Waals surface area (Å²) in [6, 6.07) is 4.89. The summed E-state index contributed by atoms with van der Waals surface area (Å²) in [6.07, 6.45) is 0.896. The van der Waals surface area contributed by atoms with E-state index < -0.39 is 0 Å². The first kappa shape index (κ1) is 13.1. The molecule has 5 nitrogen and oxygen atoms in total. The number of fused-ring (bicyclic) bond motifs is 1. The minimum Gasteiger partial charge on any atom is -0.508 e. The van der Waals surface area contributed by atoms with E-state index >= 15 is 0 Å². The Bertz CT molecular complexity index is 643. The number of phenols is 1. The van der Waals surface area contributed by atoms with Crippen molar-refractivity contribution in [3.05, 3.63) is 39.9 Å². The first-order valence-corrected chi connectivity index (χ1v) is 7.25. The minimum atomic E-state index is -0.251. The number of aromatic hydroxyl groups is 1. The molecule has 0 radical (unpaired) electrons. The van der Waals surface area contributed by atoms with Crippen molar-refractivity contribution in [1.29, 1.82) is 0 Å². The van der Waals surface area contributed by atoms with Gasteiger partial charge >= 0.3 is 0 Å². The number of aryl methyl sites for hydroxylation is 1. The van der Waals surface area contributed by atoms with Crippen LogP contribution in [0.1, 0.15) is 26.5 Å². The monoisotopic (exact) mass is 289 g/mol. The van der Waals surface area contributed by atoms with Crippen LogP contribution >= 0.6 is 11.3 Å². The summed E-state index contributed by atoms with van der Waals surface area (Å²) >= 11 is 1.50. The lowest BCUT2D eigenvalue weighted by atomic mass is 10.1. The van der Waals surface area contributed by atoms with E-state index in [9.17, 15) is 9.90 Å². The summed E-state index contributed by atoms with van der Waals surface area (Å²) < 4.78 is 0. The highest BCUT2D eigenvalue weighted by Crippen LogP contribution is 2.26. The number of aromatic nitrogens is 1. The van der Waals surface area contributed by atoms with Crippen molar-refractivity contribution in [2.24, 2.45) is 0 Å². The topological polar surface area (TPSA) is 74.2 Å². The lowest BCUT2D eigenvalue weighted by Crippen LogP contribution is -2.22. The molecular weight excluding hydrogens is 274 g/mol. The van der Waals surface area contributed by atoms with Crippen molar-refractivity contribution in [1.82, 2.24) is 10.3 Å². The molecule has 6 heteroatoms. The fraction of sp³-hybridized carbons (Fsp3) is 0.286. The van der Waals surface area contributed by atoms with E-state index in [0.29, 0.717) is 10.7 Å². The predicted molar refractivity (Wildman–Crippen MR) is 78.3 cm³/mol. The number of carbonyl (C=O) groups is 1. The van der Waals surface area contributed by atoms with Gasteiger partial charge in [0.1, 0.15) is 5.75 Å². The maximum absolute atomic E-state index is 12.1. The van der Waals surface area contributed by atoms with Gasteiger partial charge in [-0.25, -0.2) is 4.98 Å². The smallest absolute Gasteiger partial charge is 0.257 e. The third-order valence-electron chi connectivity index (χ3n) is 3.29. The first-order valence-electron chi connectivity index (χ1n) is 6.44. The zero-order chi connectivity index (χ0) is 14.1. The van der Waals surface area contributed by atoms with Crippen LogP contribution in [-0.2, 0) is 13.0 Å². The van der Waals surface area contributed by atoms with Crippen molar-refractivity contribution in [2.45, 2.75) is 19.9 Å². The highest BCUT2D eigenvalue weighted by atomic mass is 32.1. The Morgan fingerprint density at radius 2 is 2.35 bits per heavy atom. The van der Waals surface area contributed by atoms with Crippen LogP contribution in [0, 0.1) is 6.92 Å². The average Bonchev–Trinajstić information content (AvgIpc) is 2.83. The summed E-state index contributed by atoms with van der Waals surface area (Å²) in [5.41, 5.74) is 2.24. The molecule has 0 spiro atoms. The number of phenolic OH excluding ortho intramolecular Hbond substituents is 1. The number of amides is 1. The molecule has 0 fully saturated rings.